The summed E-state index contributed by atoms with van der Waals surface area (Å²) in [4.78, 5) is 21.4. The van der Waals surface area contributed by atoms with Crippen LogP contribution in [0, 0.1) is 0 Å². The molecular formula is C23H19N3O. The van der Waals surface area contributed by atoms with E-state index in [2.05, 4.69) is 15.3 Å². The van der Waals surface area contributed by atoms with Gasteiger partial charge in [-0.2, -0.15) is 0 Å². The molecule has 0 aliphatic rings. The summed E-state index contributed by atoms with van der Waals surface area (Å²) in [6, 6.07) is 23.6. The highest BCUT2D eigenvalue weighted by atomic mass is 16.1. The van der Waals surface area contributed by atoms with Crippen molar-refractivity contribution in [1.82, 2.24) is 15.3 Å². The van der Waals surface area contributed by atoms with E-state index in [1.807, 2.05) is 85.2 Å². The van der Waals surface area contributed by atoms with E-state index in [1.165, 1.54) is 0 Å². The van der Waals surface area contributed by atoms with Crippen LogP contribution in [0.5, 0.6) is 0 Å². The van der Waals surface area contributed by atoms with Crippen LogP contribution < -0.4 is 5.32 Å². The largest absolute Gasteiger partial charge is 0.352 e. The summed E-state index contributed by atoms with van der Waals surface area (Å²) in [6.07, 6.45) is 4.32. The number of nitrogens with one attached hydrogen (secondary N) is 1. The average Bonchev–Trinajstić information content (AvgIpc) is 2.74. The number of carbonyl (C=O) groups excluding carboxylic acids is 1. The van der Waals surface area contributed by atoms with Gasteiger partial charge in [0.15, 0.2) is 5.82 Å². The van der Waals surface area contributed by atoms with Gasteiger partial charge in [0.05, 0.1) is 0 Å². The Morgan fingerprint density at radius 2 is 1.52 bits per heavy atom. The highest BCUT2D eigenvalue weighted by Crippen LogP contribution is 2.18. The molecule has 1 amide bonds. The van der Waals surface area contributed by atoms with Gasteiger partial charge >= 0.3 is 0 Å². The fraction of sp³-hybridized carbons (Fsp3) is 0.0870. The number of fused-ring (bicyclic) bond motifs is 1. The summed E-state index contributed by atoms with van der Waals surface area (Å²) in [7, 11) is 0. The quantitative estimate of drug-likeness (QED) is 0.583. The van der Waals surface area contributed by atoms with Crippen molar-refractivity contribution in [3.8, 4) is 11.4 Å². The van der Waals surface area contributed by atoms with Crippen molar-refractivity contribution in [3.63, 3.8) is 0 Å². The van der Waals surface area contributed by atoms with Gasteiger partial charge < -0.3 is 5.32 Å². The van der Waals surface area contributed by atoms with Gasteiger partial charge in [0.2, 0.25) is 0 Å². The molecule has 1 heterocycles. The number of benzene rings is 3. The predicted octanol–water partition coefficient (Wildman–Crippen LogP) is 4.27. The molecule has 0 spiro atoms. The lowest BCUT2D eigenvalue weighted by Crippen LogP contribution is -2.25. The van der Waals surface area contributed by atoms with Crippen LogP contribution in [0.2, 0.25) is 0 Å². The second-order valence-corrected chi connectivity index (χ2v) is 6.31. The predicted molar refractivity (Wildman–Crippen MR) is 107 cm³/mol. The van der Waals surface area contributed by atoms with Crippen molar-refractivity contribution >= 4 is 16.7 Å². The highest BCUT2D eigenvalue weighted by Gasteiger charge is 2.09. The van der Waals surface area contributed by atoms with Crippen LogP contribution in [0.15, 0.2) is 85.2 Å². The van der Waals surface area contributed by atoms with E-state index in [0.29, 0.717) is 24.4 Å². The fourth-order valence-corrected chi connectivity index (χ4v) is 3.06. The molecule has 0 atom stereocenters. The van der Waals surface area contributed by atoms with Crippen LogP contribution in [0.3, 0.4) is 0 Å². The zero-order valence-electron chi connectivity index (χ0n) is 14.8. The van der Waals surface area contributed by atoms with Gasteiger partial charge in [-0.15, -0.1) is 0 Å². The minimum atomic E-state index is -0.0615. The van der Waals surface area contributed by atoms with Crippen molar-refractivity contribution in [2.24, 2.45) is 0 Å². The molecule has 0 radical (unpaired) electrons. The third-order valence-corrected chi connectivity index (χ3v) is 4.47. The van der Waals surface area contributed by atoms with Crippen LogP contribution in [0.4, 0.5) is 0 Å². The number of aromatic nitrogens is 2. The molecule has 3 aromatic carbocycles. The Kier molecular flexibility index (Phi) is 4.88. The van der Waals surface area contributed by atoms with E-state index in [9.17, 15) is 4.79 Å². The molecule has 0 bridgehead atoms. The zero-order valence-corrected chi connectivity index (χ0v) is 14.8. The lowest BCUT2D eigenvalue weighted by atomic mass is 10.0. The maximum Gasteiger partial charge on any atom is 0.251 e. The number of hydrogen-bond acceptors (Lipinski definition) is 3. The van der Waals surface area contributed by atoms with Gasteiger partial charge in [-0.3, -0.25) is 4.79 Å². The third kappa shape index (κ3) is 3.85. The van der Waals surface area contributed by atoms with E-state index in [0.717, 1.165) is 21.9 Å². The van der Waals surface area contributed by atoms with Gasteiger partial charge in [0, 0.05) is 30.1 Å². The summed E-state index contributed by atoms with van der Waals surface area (Å²) >= 11 is 0. The number of nitrogens with zero attached hydrogens (tertiary/aromatic N) is 2. The van der Waals surface area contributed by atoms with Crippen LogP contribution in [0.1, 0.15) is 15.9 Å². The van der Waals surface area contributed by atoms with Crippen LogP contribution in [-0.2, 0) is 6.42 Å². The molecule has 0 fully saturated rings. The number of hydrogen-bond donors (Lipinski definition) is 1. The number of carbonyl (C=O) groups is 1. The highest BCUT2D eigenvalue weighted by molar-refractivity contribution is 6.06. The first kappa shape index (κ1) is 16.9. The minimum absolute atomic E-state index is 0.0615. The molecule has 0 aliphatic carbocycles. The zero-order chi connectivity index (χ0) is 18.5. The van der Waals surface area contributed by atoms with E-state index in [4.69, 9.17) is 0 Å². The molecule has 132 valence electrons. The summed E-state index contributed by atoms with van der Waals surface area (Å²) in [5, 5.41) is 5.02. The summed E-state index contributed by atoms with van der Waals surface area (Å²) in [6.45, 7) is 0.538. The number of amides is 1. The summed E-state index contributed by atoms with van der Waals surface area (Å²) in [5.41, 5.74) is 2.69. The van der Waals surface area contributed by atoms with E-state index >= 15 is 0 Å². The lowest BCUT2D eigenvalue weighted by molar-refractivity contribution is 0.0956. The molecule has 0 unspecified atom stereocenters. The molecule has 1 N–H and O–H groups in total. The summed E-state index contributed by atoms with van der Waals surface area (Å²) in [5.74, 6) is 0.646. The molecule has 4 heteroatoms. The standard InChI is InChI=1S/C23H19N3O/c27-23(21-12-6-10-18-7-4-5-11-20(18)21)24-14-13-17-15-25-22(26-16-17)19-8-2-1-3-9-19/h1-12,15-16H,13-14H2,(H,24,27). The van der Waals surface area contributed by atoms with Crippen LogP contribution in [0.25, 0.3) is 22.2 Å². The van der Waals surface area contributed by atoms with E-state index in [1.54, 1.807) is 0 Å². The Labute approximate surface area is 157 Å². The Bertz CT molecular complexity index is 1050. The first-order valence-corrected chi connectivity index (χ1v) is 8.93. The SMILES string of the molecule is O=C(NCCc1cnc(-c2ccccc2)nc1)c1cccc2ccccc12. The average molecular weight is 353 g/mol. The second kappa shape index (κ2) is 7.79. The van der Waals surface area contributed by atoms with Gasteiger partial charge in [0.25, 0.3) is 5.91 Å². The van der Waals surface area contributed by atoms with Gasteiger partial charge in [-0.25, -0.2) is 9.97 Å². The van der Waals surface area contributed by atoms with Crippen LogP contribution in [-0.4, -0.2) is 22.4 Å². The normalized spacial score (nSPS) is 10.7. The Balaban J connectivity index is 1.39. The molecule has 4 aromatic rings. The first-order chi connectivity index (χ1) is 13.3. The monoisotopic (exact) mass is 353 g/mol. The molecule has 4 rings (SSSR count). The molecule has 0 saturated carbocycles. The van der Waals surface area contributed by atoms with Crippen molar-refractivity contribution in [3.05, 3.63) is 96.3 Å². The van der Waals surface area contributed by atoms with Crippen LogP contribution >= 0.6 is 0 Å². The molecule has 0 saturated heterocycles. The van der Waals surface area contributed by atoms with Gasteiger partial charge in [-0.05, 0) is 28.8 Å². The maximum absolute atomic E-state index is 12.5. The van der Waals surface area contributed by atoms with Crippen molar-refractivity contribution in [2.75, 3.05) is 6.54 Å². The topological polar surface area (TPSA) is 54.9 Å². The smallest absolute Gasteiger partial charge is 0.251 e. The minimum Gasteiger partial charge on any atom is -0.352 e. The molecule has 27 heavy (non-hydrogen) atoms. The maximum atomic E-state index is 12.5. The Hall–Kier alpha value is -3.53. The fourth-order valence-electron chi connectivity index (χ4n) is 3.06. The van der Waals surface area contributed by atoms with Crippen molar-refractivity contribution in [2.45, 2.75) is 6.42 Å². The van der Waals surface area contributed by atoms with E-state index in [-0.39, 0.29) is 5.91 Å². The van der Waals surface area contributed by atoms with E-state index < -0.39 is 0 Å². The Morgan fingerprint density at radius 3 is 2.33 bits per heavy atom. The lowest BCUT2D eigenvalue weighted by Gasteiger charge is -2.08. The van der Waals surface area contributed by atoms with Gasteiger partial charge in [-0.1, -0.05) is 66.7 Å². The van der Waals surface area contributed by atoms with Crippen molar-refractivity contribution in [1.29, 1.82) is 0 Å². The molecule has 0 aliphatic heterocycles. The Morgan fingerprint density at radius 1 is 0.815 bits per heavy atom. The molecule has 1 aromatic heterocycles. The first-order valence-electron chi connectivity index (χ1n) is 8.93. The number of rotatable bonds is 5. The summed E-state index contributed by atoms with van der Waals surface area (Å²) < 4.78 is 0. The third-order valence-electron chi connectivity index (χ3n) is 4.47. The molecular weight excluding hydrogens is 334 g/mol. The van der Waals surface area contributed by atoms with Gasteiger partial charge in [0.1, 0.15) is 0 Å². The van der Waals surface area contributed by atoms with Crippen molar-refractivity contribution < 1.29 is 4.79 Å². The molecule has 4 nitrogen and oxygen atoms in total. The second-order valence-electron chi connectivity index (χ2n) is 6.31.